The summed E-state index contributed by atoms with van der Waals surface area (Å²) < 4.78 is 12.8. The largest absolute Gasteiger partial charge is 0.258 e. The Morgan fingerprint density at radius 2 is 2.45 bits per heavy atom. The van der Waals surface area contributed by atoms with Crippen LogP contribution in [0.5, 0.6) is 0 Å². The summed E-state index contributed by atoms with van der Waals surface area (Å²) in [7, 11) is 0. The average molecular weight is 151 g/mol. The number of pyridine rings is 1. The van der Waals surface area contributed by atoms with Crippen molar-refractivity contribution in [3.8, 4) is 0 Å². The SMILES string of the molecule is C=C(C)Cc1ncccc1F. The van der Waals surface area contributed by atoms with Crippen LogP contribution in [0.15, 0.2) is 30.5 Å². The second-order valence-corrected chi connectivity index (χ2v) is 2.57. The van der Waals surface area contributed by atoms with Gasteiger partial charge in [-0.3, -0.25) is 4.98 Å². The zero-order valence-corrected chi connectivity index (χ0v) is 6.47. The smallest absolute Gasteiger partial charge is 0.145 e. The molecular formula is C9H10FN. The fraction of sp³-hybridized carbons (Fsp3) is 0.222. The monoisotopic (exact) mass is 151 g/mol. The van der Waals surface area contributed by atoms with Crippen molar-refractivity contribution in [3.05, 3.63) is 42.0 Å². The molecule has 0 bridgehead atoms. The molecule has 0 spiro atoms. The van der Waals surface area contributed by atoms with Gasteiger partial charge in [-0.1, -0.05) is 12.2 Å². The maximum absolute atomic E-state index is 12.8. The first kappa shape index (κ1) is 7.92. The molecule has 0 radical (unpaired) electrons. The minimum atomic E-state index is -0.254. The molecule has 1 aromatic heterocycles. The first-order valence-electron chi connectivity index (χ1n) is 3.44. The van der Waals surface area contributed by atoms with Crippen LogP contribution in [0.4, 0.5) is 4.39 Å². The Balaban J connectivity index is 2.86. The third-order valence-electron chi connectivity index (χ3n) is 1.30. The van der Waals surface area contributed by atoms with Crippen LogP contribution in [0.25, 0.3) is 0 Å². The molecule has 0 fully saturated rings. The second-order valence-electron chi connectivity index (χ2n) is 2.57. The van der Waals surface area contributed by atoms with E-state index in [0.29, 0.717) is 12.1 Å². The average Bonchev–Trinajstić information content (AvgIpc) is 1.93. The lowest BCUT2D eigenvalue weighted by molar-refractivity contribution is 0.603. The summed E-state index contributed by atoms with van der Waals surface area (Å²) >= 11 is 0. The maximum Gasteiger partial charge on any atom is 0.145 e. The lowest BCUT2D eigenvalue weighted by Crippen LogP contribution is -1.94. The molecule has 1 rings (SSSR count). The fourth-order valence-corrected chi connectivity index (χ4v) is 0.834. The topological polar surface area (TPSA) is 12.9 Å². The van der Waals surface area contributed by atoms with E-state index in [-0.39, 0.29) is 5.82 Å². The van der Waals surface area contributed by atoms with Gasteiger partial charge in [-0.05, 0) is 19.1 Å². The van der Waals surface area contributed by atoms with E-state index in [4.69, 9.17) is 0 Å². The van der Waals surface area contributed by atoms with E-state index in [1.54, 1.807) is 12.3 Å². The van der Waals surface area contributed by atoms with Crippen LogP contribution < -0.4 is 0 Å². The third-order valence-corrected chi connectivity index (χ3v) is 1.30. The summed E-state index contributed by atoms with van der Waals surface area (Å²) in [5, 5.41) is 0. The number of halogens is 1. The summed E-state index contributed by atoms with van der Waals surface area (Å²) in [6.45, 7) is 5.54. The standard InChI is InChI=1S/C9H10FN/c1-7(2)6-9-8(10)4-3-5-11-9/h3-5H,1,6H2,2H3. The molecule has 0 amide bonds. The van der Waals surface area contributed by atoms with E-state index < -0.39 is 0 Å². The molecule has 0 aliphatic carbocycles. The molecule has 1 nitrogen and oxygen atoms in total. The highest BCUT2D eigenvalue weighted by Crippen LogP contribution is 2.06. The number of aromatic nitrogens is 1. The van der Waals surface area contributed by atoms with Gasteiger partial charge in [0.15, 0.2) is 0 Å². The van der Waals surface area contributed by atoms with Crippen LogP contribution in [-0.4, -0.2) is 4.98 Å². The van der Waals surface area contributed by atoms with Gasteiger partial charge >= 0.3 is 0 Å². The molecule has 0 aliphatic rings. The van der Waals surface area contributed by atoms with Crippen LogP contribution in [0.3, 0.4) is 0 Å². The van der Waals surface area contributed by atoms with E-state index >= 15 is 0 Å². The Morgan fingerprint density at radius 1 is 1.73 bits per heavy atom. The quantitative estimate of drug-likeness (QED) is 0.591. The lowest BCUT2D eigenvalue weighted by Gasteiger charge is -1.99. The van der Waals surface area contributed by atoms with Crippen molar-refractivity contribution in [1.29, 1.82) is 0 Å². The summed E-state index contributed by atoms with van der Waals surface area (Å²) in [6.07, 6.45) is 2.11. The molecule has 11 heavy (non-hydrogen) atoms. The first-order chi connectivity index (χ1) is 5.20. The van der Waals surface area contributed by atoms with E-state index in [0.717, 1.165) is 5.57 Å². The van der Waals surface area contributed by atoms with E-state index in [1.807, 2.05) is 6.92 Å². The zero-order valence-electron chi connectivity index (χ0n) is 6.47. The lowest BCUT2D eigenvalue weighted by atomic mass is 10.2. The Bertz CT molecular complexity index is 268. The fourth-order valence-electron chi connectivity index (χ4n) is 0.834. The molecule has 58 valence electrons. The Hall–Kier alpha value is -1.18. The van der Waals surface area contributed by atoms with Gasteiger partial charge in [-0.25, -0.2) is 4.39 Å². The third kappa shape index (κ3) is 2.15. The van der Waals surface area contributed by atoms with Crippen LogP contribution in [-0.2, 0) is 6.42 Å². The molecule has 0 aromatic carbocycles. The molecule has 0 saturated heterocycles. The van der Waals surface area contributed by atoms with Crippen molar-refractivity contribution in [3.63, 3.8) is 0 Å². The Labute approximate surface area is 65.6 Å². The van der Waals surface area contributed by atoms with Gasteiger partial charge in [-0.2, -0.15) is 0 Å². The number of nitrogens with zero attached hydrogens (tertiary/aromatic N) is 1. The summed E-state index contributed by atoms with van der Waals surface area (Å²) in [4.78, 5) is 3.88. The molecule has 1 heterocycles. The predicted molar refractivity (Wildman–Crippen MR) is 42.7 cm³/mol. The molecule has 0 N–H and O–H groups in total. The van der Waals surface area contributed by atoms with Gasteiger partial charge in [0.2, 0.25) is 0 Å². The van der Waals surface area contributed by atoms with Crippen molar-refractivity contribution in [2.45, 2.75) is 13.3 Å². The Kier molecular flexibility index (Phi) is 2.36. The van der Waals surface area contributed by atoms with Crippen molar-refractivity contribution < 1.29 is 4.39 Å². The maximum atomic E-state index is 12.8. The number of hydrogen-bond donors (Lipinski definition) is 0. The number of rotatable bonds is 2. The molecule has 2 heteroatoms. The van der Waals surface area contributed by atoms with Crippen LogP contribution in [0, 0.1) is 5.82 Å². The minimum absolute atomic E-state index is 0.254. The number of allylic oxidation sites excluding steroid dienone is 1. The van der Waals surface area contributed by atoms with Gasteiger partial charge in [0.1, 0.15) is 5.82 Å². The highest BCUT2D eigenvalue weighted by atomic mass is 19.1. The molecular weight excluding hydrogens is 141 g/mol. The van der Waals surface area contributed by atoms with E-state index in [2.05, 4.69) is 11.6 Å². The van der Waals surface area contributed by atoms with Crippen LogP contribution in [0.1, 0.15) is 12.6 Å². The minimum Gasteiger partial charge on any atom is -0.258 e. The number of hydrogen-bond acceptors (Lipinski definition) is 1. The van der Waals surface area contributed by atoms with Crippen molar-refractivity contribution >= 4 is 0 Å². The normalized spacial score (nSPS) is 9.64. The zero-order chi connectivity index (χ0) is 8.27. The van der Waals surface area contributed by atoms with Gasteiger partial charge in [-0.15, -0.1) is 0 Å². The summed E-state index contributed by atoms with van der Waals surface area (Å²) in [5.41, 5.74) is 1.39. The highest BCUT2D eigenvalue weighted by molar-refractivity contribution is 5.13. The first-order valence-corrected chi connectivity index (χ1v) is 3.44. The highest BCUT2D eigenvalue weighted by Gasteiger charge is 2.00. The molecule has 0 saturated carbocycles. The second kappa shape index (κ2) is 3.28. The van der Waals surface area contributed by atoms with E-state index in [9.17, 15) is 4.39 Å². The van der Waals surface area contributed by atoms with Gasteiger partial charge in [0.25, 0.3) is 0 Å². The van der Waals surface area contributed by atoms with Crippen molar-refractivity contribution in [2.75, 3.05) is 0 Å². The van der Waals surface area contributed by atoms with Gasteiger partial charge in [0, 0.05) is 12.6 Å². The molecule has 0 unspecified atom stereocenters. The van der Waals surface area contributed by atoms with E-state index in [1.165, 1.54) is 6.07 Å². The van der Waals surface area contributed by atoms with Crippen molar-refractivity contribution in [2.24, 2.45) is 0 Å². The molecule has 1 aromatic rings. The van der Waals surface area contributed by atoms with Crippen molar-refractivity contribution in [1.82, 2.24) is 4.98 Å². The summed E-state index contributed by atoms with van der Waals surface area (Å²) in [6, 6.07) is 2.99. The Morgan fingerprint density at radius 3 is 3.00 bits per heavy atom. The van der Waals surface area contributed by atoms with Crippen LogP contribution in [0.2, 0.25) is 0 Å². The van der Waals surface area contributed by atoms with Gasteiger partial charge in [0.05, 0.1) is 5.69 Å². The molecule has 0 atom stereocenters. The predicted octanol–water partition coefficient (Wildman–Crippen LogP) is 2.34. The summed E-state index contributed by atoms with van der Waals surface area (Å²) in [5.74, 6) is -0.254. The van der Waals surface area contributed by atoms with Gasteiger partial charge < -0.3 is 0 Å². The van der Waals surface area contributed by atoms with Crippen LogP contribution >= 0.6 is 0 Å². The molecule has 0 aliphatic heterocycles.